The highest BCUT2D eigenvalue weighted by atomic mass is 35.5. The molecule has 2 rings (SSSR count). The van der Waals surface area contributed by atoms with Gasteiger partial charge in [0.15, 0.2) is 0 Å². The van der Waals surface area contributed by atoms with Crippen LogP contribution in [0.25, 0.3) is 0 Å². The molecule has 1 unspecified atom stereocenters. The average molecular weight is 270 g/mol. The first-order valence-corrected chi connectivity index (χ1v) is 6.39. The summed E-state index contributed by atoms with van der Waals surface area (Å²) >= 11 is 0. The van der Waals surface area contributed by atoms with E-state index in [2.05, 4.69) is 51.0 Å². The van der Waals surface area contributed by atoms with Crippen LogP contribution >= 0.6 is 12.4 Å². The standard InChI is InChI=1S/C15H23NO.ClH/c1-6-17-12-8-7-11-9-14(16(4)5)15(2,3)13(11)10-12;/h7-8,10,14H,6,9H2,1-5H3;1H. The SMILES string of the molecule is CCOc1ccc2c(c1)C(C)(C)C(N(C)C)C2.Cl. The Hall–Kier alpha value is -0.730. The molecule has 0 saturated heterocycles. The summed E-state index contributed by atoms with van der Waals surface area (Å²) in [6.07, 6.45) is 1.14. The number of fused-ring (bicyclic) bond motifs is 1. The summed E-state index contributed by atoms with van der Waals surface area (Å²) in [6.45, 7) is 7.43. The molecule has 0 radical (unpaired) electrons. The van der Waals surface area contributed by atoms with Crippen molar-refractivity contribution in [3.05, 3.63) is 29.3 Å². The number of halogens is 1. The van der Waals surface area contributed by atoms with Crippen molar-refractivity contribution in [3.63, 3.8) is 0 Å². The van der Waals surface area contributed by atoms with Gasteiger partial charge in [-0.2, -0.15) is 0 Å². The van der Waals surface area contributed by atoms with Crippen LogP contribution in [0.2, 0.25) is 0 Å². The molecule has 0 spiro atoms. The first kappa shape index (κ1) is 15.3. The molecule has 0 bridgehead atoms. The van der Waals surface area contributed by atoms with Gasteiger partial charge in [-0.1, -0.05) is 19.9 Å². The van der Waals surface area contributed by atoms with E-state index in [-0.39, 0.29) is 17.8 Å². The molecule has 0 amide bonds. The van der Waals surface area contributed by atoms with Crippen molar-refractivity contribution in [2.24, 2.45) is 0 Å². The van der Waals surface area contributed by atoms with E-state index in [1.807, 2.05) is 6.92 Å². The molecular weight excluding hydrogens is 246 g/mol. The van der Waals surface area contributed by atoms with Gasteiger partial charge in [0, 0.05) is 11.5 Å². The summed E-state index contributed by atoms with van der Waals surface area (Å²) in [7, 11) is 4.34. The second-order valence-electron chi connectivity index (χ2n) is 5.66. The average Bonchev–Trinajstić information content (AvgIpc) is 2.52. The second kappa shape index (κ2) is 5.50. The van der Waals surface area contributed by atoms with Gasteiger partial charge in [0.25, 0.3) is 0 Å². The summed E-state index contributed by atoms with van der Waals surface area (Å²) < 4.78 is 5.61. The van der Waals surface area contributed by atoms with E-state index in [1.54, 1.807) is 0 Å². The van der Waals surface area contributed by atoms with E-state index >= 15 is 0 Å². The van der Waals surface area contributed by atoms with Crippen molar-refractivity contribution in [2.45, 2.75) is 38.6 Å². The summed E-state index contributed by atoms with van der Waals surface area (Å²) in [5.41, 5.74) is 3.12. The molecule has 0 fully saturated rings. The maximum Gasteiger partial charge on any atom is 0.119 e. The number of likely N-dealkylation sites (N-methyl/N-ethyl adjacent to an activating group) is 1. The number of nitrogens with zero attached hydrogens (tertiary/aromatic N) is 1. The Kier molecular flexibility index (Phi) is 4.68. The number of benzene rings is 1. The van der Waals surface area contributed by atoms with E-state index in [1.165, 1.54) is 11.1 Å². The van der Waals surface area contributed by atoms with Crippen molar-refractivity contribution in [2.75, 3.05) is 20.7 Å². The van der Waals surface area contributed by atoms with Crippen LogP contribution in [0.5, 0.6) is 5.75 Å². The van der Waals surface area contributed by atoms with Gasteiger partial charge < -0.3 is 9.64 Å². The van der Waals surface area contributed by atoms with Crippen molar-refractivity contribution in [3.8, 4) is 5.75 Å². The molecule has 0 N–H and O–H groups in total. The van der Waals surface area contributed by atoms with Crippen molar-refractivity contribution in [1.82, 2.24) is 4.90 Å². The van der Waals surface area contributed by atoms with Crippen molar-refractivity contribution in [1.29, 1.82) is 0 Å². The largest absolute Gasteiger partial charge is 0.494 e. The molecule has 0 aromatic heterocycles. The quantitative estimate of drug-likeness (QED) is 0.835. The molecule has 3 heteroatoms. The minimum atomic E-state index is 0. The fraction of sp³-hybridized carbons (Fsp3) is 0.600. The van der Waals surface area contributed by atoms with E-state index in [4.69, 9.17) is 4.74 Å². The Bertz CT molecular complexity index is 415. The number of hydrogen-bond acceptors (Lipinski definition) is 2. The van der Waals surface area contributed by atoms with Gasteiger partial charge in [0.1, 0.15) is 5.75 Å². The third-order valence-electron chi connectivity index (χ3n) is 3.96. The van der Waals surface area contributed by atoms with Crippen LogP contribution in [0.3, 0.4) is 0 Å². The normalized spacial score (nSPS) is 20.4. The second-order valence-corrected chi connectivity index (χ2v) is 5.66. The summed E-state index contributed by atoms with van der Waals surface area (Å²) in [5.74, 6) is 0.999. The fourth-order valence-corrected chi connectivity index (χ4v) is 3.06. The molecular formula is C15H24ClNO. The highest BCUT2D eigenvalue weighted by Crippen LogP contribution is 2.41. The van der Waals surface area contributed by atoms with Gasteiger partial charge >= 0.3 is 0 Å². The molecule has 0 saturated carbocycles. The Morgan fingerprint density at radius 1 is 1.33 bits per heavy atom. The van der Waals surface area contributed by atoms with E-state index in [9.17, 15) is 0 Å². The highest BCUT2D eigenvalue weighted by molar-refractivity contribution is 5.85. The fourth-order valence-electron chi connectivity index (χ4n) is 3.06. The molecule has 102 valence electrons. The topological polar surface area (TPSA) is 12.5 Å². The van der Waals surface area contributed by atoms with Crippen LogP contribution < -0.4 is 4.74 Å². The Morgan fingerprint density at radius 2 is 2.00 bits per heavy atom. The Balaban J connectivity index is 0.00000162. The van der Waals surface area contributed by atoms with Crippen LogP contribution in [0.1, 0.15) is 31.9 Å². The van der Waals surface area contributed by atoms with Crippen LogP contribution in [0, 0.1) is 0 Å². The van der Waals surface area contributed by atoms with Crippen LogP contribution in [0.4, 0.5) is 0 Å². The molecule has 1 aromatic rings. The van der Waals surface area contributed by atoms with Gasteiger partial charge in [-0.3, -0.25) is 0 Å². The first-order valence-electron chi connectivity index (χ1n) is 6.39. The zero-order valence-electron chi connectivity index (χ0n) is 12.0. The maximum absolute atomic E-state index is 5.61. The number of ether oxygens (including phenoxy) is 1. The molecule has 0 heterocycles. The van der Waals surface area contributed by atoms with Gasteiger partial charge in [-0.15, -0.1) is 12.4 Å². The molecule has 2 nitrogen and oxygen atoms in total. The third-order valence-corrected chi connectivity index (χ3v) is 3.96. The minimum absolute atomic E-state index is 0. The maximum atomic E-state index is 5.61. The predicted molar refractivity (Wildman–Crippen MR) is 79.1 cm³/mol. The molecule has 1 aliphatic carbocycles. The molecule has 1 aliphatic rings. The van der Waals surface area contributed by atoms with Gasteiger partial charge in [0.05, 0.1) is 6.61 Å². The first-order chi connectivity index (χ1) is 7.96. The summed E-state index contributed by atoms with van der Waals surface area (Å²) in [5, 5.41) is 0. The summed E-state index contributed by atoms with van der Waals surface area (Å²) in [6, 6.07) is 7.12. The van der Waals surface area contributed by atoms with Crippen LogP contribution in [-0.2, 0) is 11.8 Å². The third kappa shape index (κ3) is 2.50. The molecule has 1 atom stereocenters. The van der Waals surface area contributed by atoms with Gasteiger partial charge in [-0.05, 0) is 50.7 Å². The lowest BCUT2D eigenvalue weighted by atomic mass is 9.82. The number of hydrogen-bond donors (Lipinski definition) is 0. The molecule has 18 heavy (non-hydrogen) atoms. The van der Waals surface area contributed by atoms with Crippen molar-refractivity contribution < 1.29 is 4.74 Å². The number of rotatable bonds is 3. The lowest BCUT2D eigenvalue weighted by Gasteiger charge is -2.33. The Labute approximate surface area is 117 Å². The minimum Gasteiger partial charge on any atom is -0.494 e. The lowest BCUT2D eigenvalue weighted by Crippen LogP contribution is -2.41. The van der Waals surface area contributed by atoms with Crippen LogP contribution in [0.15, 0.2) is 18.2 Å². The predicted octanol–water partition coefficient (Wildman–Crippen LogP) is 3.27. The van der Waals surface area contributed by atoms with Crippen LogP contribution in [-0.4, -0.2) is 31.6 Å². The smallest absolute Gasteiger partial charge is 0.119 e. The highest BCUT2D eigenvalue weighted by Gasteiger charge is 2.40. The van der Waals surface area contributed by atoms with Gasteiger partial charge in [0.2, 0.25) is 0 Å². The Morgan fingerprint density at radius 3 is 2.56 bits per heavy atom. The monoisotopic (exact) mass is 269 g/mol. The molecule has 0 aliphatic heterocycles. The van der Waals surface area contributed by atoms with E-state index in [0.29, 0.717) is 6.04 Å². The van der Waals surface area contributed by atoms with E-state index in [0.717, 1.165) is 18.8 Å². The summed E-state index contributed by atoms with van der Waals surface area (Å²) in [4.78, 5) is 2.33. The lowest BCUT2D eigenvalue weighted by molar-refractivity contribution is 0.216. The van der Waals surface area contributed by atoms with E-state index < -0.39 is 0 Å². The van der Waals surface area contributed by atoms with Gasteiger partial charge in [-0.25, -0.2) is 0 Å². The molecule has 1 aromatic carbocycles. The van der Waals surface area contributed by atoms with Crippen molar-refractivity contribution >= 4 is 12.4 Å². The zero-order chi connectivity index (χ0) is 12.6. The zero-order valence-corrected chi connectivity index (χ0v) is 12.8.